The van der Waals surface area contributed by atoms with Gasteiger partial charge in [0.25, 0.3) is 5.91 Å². The first kappa shape index (κ1) is 22.9. The van der Waals surface area contributed by atoms with Crippen LogP contribution in [0.15, 0.2) is 28.5 Å². The van der Waals surface area contributed by atoms with Gasteiger partial charge in [0.05, 0.1) is 5.69 Å². The molecule has 10 heteroatoms. The number of carbonyl (C=O) groups excluding carboxylic acids is 2. The topological polar surface area (TPSA) is 99.7 Å². The molecule has 1 amide bonds. The van der Waals surface area contributed by atoms with Crippen molar-refractivity contribution in [3.8, 4) is 0 Å². The average molecular weight is 477 g/mol. The molecular formula is C22H28N4O4S2. The number of nitrogens with zero attached hydrogens (tertiary/aromatic N) is 3. The Morgan fingerprint density at radius 3 is 2.28 bits per heavy atom. The molecule has 172 valence electrons. The van der Waals surface area contributed by atoms with E-state index in [1.165, 1.54) is 13.0 Å². The Bertz CT molecular complexity index is 1100. The van der Waals surface area contributed by atoms with Gasteiger partial charge in [0, 0.05) is 44.0 Å². The summed E-state index contributed by atoms with van der Waals surface area (Å²) in [4.78, 5) is 30.8. The van der Waals surface area contributed by atoms with Gasteiger partial charge in [0.1, 0.15) is 10.6 Å². The third kappa shape index (κ3) is 4.87. The Hall–Kier alpha value is -2.30. The molecule has 3 heterocycles. The third-order valence-electron chi connectivity index (χ3n) is 5.94. The van der Waals surface area contributed by atoms with E-state index >= 15 is 0 Å². The van der Waals surface area contributed by atoms with E-state index in [-0.39, 0.29) is 16.2 Å². The number of sulfonamides is 1. The number of benzene rings is 1. The Morgan fingerprint density at radius 1 is 1.00 bits per heavy atom. The zero-order valence-electron chi connectivity index (χ0n) is 18.2. The van der Waals surface area contributed by atoms with Crippen LogP contribution in [0.3, 0.4) is 0 Å². The number of aromatic nitrogens is 1. The maximum absolute atomic E-state index is 13.6. The Labute approximate surface area is 192 Å². The van der Waals surface area contributed by atoms with Crippen molar-refractivity contribution in [1.29, 1.82) is 0 Å². The molecule has 2 aliphatic rings. The van der Waals surface area contributed by atoms with Gasteiger partial charge in [0.2, 0.25) is 10.0 Å². The zero-order chi connectivity index (χ0) is 22.7. The first-order chi connectivity index (χ1) is 15.4. The number of amides is 1. The van der Waals surface area contributed by atoms with Crippen LogP contribution in [0.5, 0.6) is 0 Å². The molecule has 2 saturated heterocycles. The number of anilines is 2. The fourth-order valence-electron chi connectivity index (χ4n) is 4.16. The lowest BCUT2D eigenvalue weighted by Crippen LogP contribution is -2.37. The molecule has 0 atom stereocenters. The number of carbonyl (C=O) groups is 2. The van der Waals surface area contributed by atoms with Crippen LogP contribution in [0.4, 0.5) is 10.8 Å². The van der Waals surface area contributed by atoms with Gasteiger partial charge in [-0.3, -0.25) is 14.9 Å². The van der Waals surface area contributed by atoms with Gasteiger partial charge >= 0.3 is 0 Å². The highest BCUT2D eigenvalue weighted by molar-refractivity contribution is 7.89. The Balaban J connectivity index is 1.67. The second-order valence-corrected chi connectivity index (χ2v) is 11.0. The molecule has 0 saturated carbocycles. The molecule has 8 nitrogen and oxygen atoms in total. The highest BCUT2D eigenvalue weighted by Gasteiger charge is 2.31. The van der Waals surface area contributed by atoms with E-state index in [1.807, 2.05) is 0 Å². The Morgan fingerprint density at radius 2 is 1.66 bits per heavy atom. The molecule has 32 heavy (non-hydrogen) atoms. The first-order valence-electron chi connectivity index (χ1n) is 11.0. The molecule has 0 spiro atoms. The van der Waals surface area contributed by atoms with E-state index in [4.69, 9.17) is 0 Å². The van der Waals surface area contributed by atoms with E-state index < -0.39 is 15.9 Å². The molecule has 2 aromatic rings. The standard InChI is InChI=1S/C22H28N4O4S2/c1-16(27)18-15-31-22(23-18)24-21(28)17-8-9-19(25-10-4-2-5-11-25)20(14-17)32(29,30)26-12-6-3-7-13-26/h8-9,14-15H,2-7,10-13H2,1H3,(H,23,24,28). The number of hydrogen-bond acceptors (Lipinski definition) is 7. The van der Waals surface area contributed by atoms with Crippen LogP contribution in [0.2, 0.25) is 0 Å². The van der Waals surface area contributed by atoms with Gasteiger partial charge in [-0.2, -0.15) is 4.31 Å². The minimum absolute atomic E-state index is 0.178. The van der Waals surface area contributed by atoms with Crippen molar-refractivity contribution in [2.75, 3.05) is 36.4 Å². The number of nitrogens with one attached hydrogen (secondary N) is 1. The summed E-state index contributed by atoms with van der Waals surface area (Å²) in [7, 11) is -3.72. The second kappa shape index (κ2) is 9.68. The summed E-state index contributed by atoms with van der Waals surface area (Å²) < 4.78 is 28.7. The van der Waals surface area contributed by atoms with Crippen molar-refractivity contribution in [2.45, 2.75) is 50.3 Å². The predicted octanol–water partition coefficient (Wildman–Crippen LogP) is 3.76. The molecule has 1 aromatic carbocycles. The van der Waals surface area contributed by atoms with Gasteiger partial charge in [-0.1, -0.05) is 6.42 Å². The molecule has 0 bridgehead atoms. The van der Waals surface area contributed by atoms with Crippen LogP contribution in [0, 0.1) is 0 Å². The van der Waals surface area contributed by atoms with E-state index in [1.54, 1.807) is 21.8 Å². The summed E-state index contributed by atoms with van der Waals surface area (Å²) in [6, 6.07) is 4.90. The van der Waals surface area contributed by atoms with Crippen LogP contribution in [-0.4, -0.2) is 55.6 Å². The fourth-order valence-corrected chi connectivity index (χ4v) is 6.66. The SMILES string of the molecule is CC(=O)c1csc(NC(=O)c2ccc(N3CCCCC3)c(S(=O)(=O)N3CCCCC3)c2)n1. The molecule has 0 aliphatic carbocycles. The minimum atomic E-state index is -3.72. The third-order valence-corrected chi connectivity index (χ3v) is 8.62. The summed E-state index contributed by atoms with van der Waals surface area (Å²) in [5, 5.41) is 4.58. The molecule has 2 aliphatic heterocycles. The largest absolute Gasteiger partial charge is 0.370 e. The number of piperidine rings is 2. The summed E-state index contributed by atoms with van der Waals surface area (Å²) >= 11 is 1.16. The second-order valence-electron chi connectivity index (χ2n) is 8.24. The van der Waals surface area contributed by atoms with E-state index in [0.717, 1.165) is 63.0 Å². The van der Waals surface area contributed by atoms with Crippen LogP contribution in [-0.2, 0) is 10.0 Å². The summed E-state index contributed by atoms with van der Waals surface area (Å²) in [6.45, 7) is 4.04. The monoisotopic (exact) mass is 476 g/mol. The van der Waals surface area contributed by atoms with E-state index in [0.29, 0.717) is 29.6 Å². The lowest BCUT2D eigenvalue weighted by atomic mass is 10.1. The predicted molar refractivity (Wildman–Crippen MR) is 125 cm³/mol. The van der Waals surface area contributed by atoms with Crippen molar-refractivity contribution < 1.29 is 18.0 Å². The average Bonchev–Trinajstić information content (AvgIpc) is 3.29. The quantitative estimate of drug-likeness (QED) is 0.637. The van der Waals surface area contributed by atoms with Crippen molar-refractivity contribution in [3.05, 3.63) is 34.8 Å². The fraction of sp³-hybridized carbons (Fsp3) is 0.500. The molecular weight excluding hydrogens is 448 g/mol. The normalized spacial score (nSPS) is 17.8. The van der Waals surface area contributed by atoms with E-state index in [2.05, 4.69) is 15.2 Å². The lowest BCUT2D eigenvalue weighted by molar-refractivity contribution is 0.100. The van der Waals surface area contributed by atoms with Gasteiger partial charge in [-0.05, 0) is 50.3 Å². The molecule has 1 N–H and O–H groups in total. The maximum atomic E-state index is 13.6. The summed E-state index contributed by atoms with van der Waals surface area (Å²) in [5.74, 6) is -0.628. The lowest BCUT2D eigenvalue weighted by Gasteiger charge is -2.33. The number of thiazole rings is 1. The minimum Gasteiger partial charge on any atom is -0.370 e. The zero-order valence-corrected chi connectivity index (χ0v) is 19.8. The molecule has 4 rings (SSSR count). The summed E-state index contributed by atoms with van der Waals surface area (Å²) in [6.07, 6.45) is 5.91. The van der Waals surface area contributed by atoms with Crippen molar-refractivity contribution in [3.63, 3.8) is 0 Å². The van der Waals surface area contributed by atoms with Crippen LogP contribution >= 0.6 is 11.3 Å². The Kier molecular flexibility index (Phi) is 6.92. The number of rotatable bonds is 6. The molecule has 0 radical (unpaired) electrons. The number of hydrogen-bond donors (Lipinski definition) is 1. The summed E-state index contributed by atoms with van der Waals surface area (Å²) in [5.41, 5.74) is 1.21. The first-order valence-corrected chi connectivity index (χ1v) is 13.4. The highest BCUT2D eigenvalue weighted by atomic mass is 32.2. The van der Waals surface area contributed by atoms with E-state index in [9.17, 15) is 18.0 Å². The van der Waals surface area contributed by atoms with Crippen LogP contribution in [0.1, 0.15) is 66.3 Å². The molecule has 1 aromatic heterocycles. The maximum Gasteiger partial charge on any atom is 0.257 e. The van der Waals surface area contributed by atoms with Gasteiger partial charge < -0.3 is 4.90 Å². The number of ketones is 1. The number of Topliss-reactive ketones (excluding diaryl/α,β-unsaturated/α-hetero) is 1. The molecule has 0 unspecified atom stereocenters. The van der Waals surface area contributed by atoms with Gasteiger partial charge in [-0.15, -0.1) is 11.3 Å². The van der Waals surface area contributed by atoms with Crippen molar-refractivity contribution in [2.24, 2.45) is 0 Å². The van der Waals surface area contributed by atoms with Gasteiger partial charge in [-0.25, -0.2) is 13.4 Å². The van der Waals surface area contributed by atoms with Crippen molar-refractivity contribution in [1.82, 2.24) is 9.29 Å². The van der Waals surface area contributed by atoms with Crippen LogP contribution in [0.25, 0.3) is 0 Å². The highest BCUT2D eigenvalue weighted by Crippen LogP contribution is 2.32. The molecule has 2 fully saturated rings. The van der Waals surface area contributed by atoms with Gasteiger partial charge in [0.15, 0.2) is 10.9 Å². The van der Waals surface area contributed by atoms with Crippen LogP contribution < -0.4 is 10.2 Å². The smallest absolute Gasteiger partial charge is 0.257 e. The van der Waals surface area contributed by atoms with Crippen molar-refractivity contribution >= 4 is 43.9 Å².